The first-order chi connectivity index (χ1) is 13.2. The van der Waals surface area contributed by atoms with Gasteiger partial charge in [0.2, 0.25) is 0 Å². The average molecular weight is 418 g/mol. The van der Waals surface area contributed by atoms with Crippen molar-refractivity contribution in [3.8, 4) is 11.5 Å². The minimum Gasteiger partial charge on any atom is -0.496 e. The number of anilines is 1. The molecule has 150 valence electrons. The van der Waals surface area contributed by atoms with E-state index in [4.69, 9.17) is 25.8 Å². The largest absolute Gasteiger partial charge is 0.496 e. The fourth-order valence-corrected chi connectivity index (χ4v) is 2.50. The lowest BCUT2D eigenvalue weighted by Gasteiger charge is -2.13. The van der Waals surface area contributed by atoms with E-state index in [2.05, 4.69) is 5.32 Å². The molecule has 2 aromatic rings. The Morgan fingerprint density at radius 1 is 1.07 bits per heavy atom. The predicted octanol–water partition coefficient (Wildman–Crippen LogP) is 4.17. The molecule has 2 rings (SSSR count). The Morgan fingerprint density at radius 3 is 2.21 bits per heavy atom. The highest BCUT2D eigenvalue weighted by atomic mass is 35.5. The van der Waals surface area contributed by atoms with Gasteiger partial charge in [-0.3, -0.25) is 4.79 Å². The smallest absolute Gasteiger partial charge is 0.417 e. The van der Waals surface area contributed by atoms with Crippen molar-refractivity contribution in [2.75, 3.05) is 26.1 Å². The minimum absolute atomic E-state index is 0.0221. The summed E-state index contributed by atoms with van der Waals surface area (Å²) in [6.45, 7) is -0.732. The molecule has 0 heterocycles. The average Bonchev–Trinajstić information content (AvgIpc) is 2.65. The van der Waals surface area contributed by atoms with E-state index in [-0.39, 0.29) is 22.7 Å². The highest BCUT2D eigenvalue weighted by molar-refractivity contribution is 6.31. The molecule has 1 amide bonds. The van der Waals surface area contributed by atoms with Gasteiger partial charge in [-0.25, -0.2) is 4.79 Å². The van der Waals surface area contributed by atoms with Crippen LogP contribution in [0.5, 0.6) is 11.5 Å². The van der Waals surface area contributed by atoms with Crippen LogP contribution in [0, 0.1) is 0 Å². The van der Waals surface area contributed by atoms with Gasteiger partial charge < -0.3 is 19.5 Å². The number of rotatable bonds is 6. The van der Waals surface area contributed by atoms with E-state index in [9.17, 15) is 22.8 Å². The van der Waals surface area contributed by atoms with Gasteiger partial charge in [-0.2, -0.15) is 13.2 Å². The first-order valence-corrected chi connectivity index (χ1v) is 8.10. The van der Waals surface area contributed by atoms with Gasteiger partial charge in [-0.15, -0.1) is 0 Å². The molecule has 10 heteroatoms. The number of hydrogen-bond donors (Lipinski definition) is 1. The molecule has 0 fully saturated rings. The zero-order chi connectivity index (χ0) is 20.9. The van der Waals surface area contributed by atoms with Crippen molar-refractivity contribution in [1.82, 2.24) is 0 Å². The Labute approximate surface area is 163 Å². The van der Waals surface area contributed by atoms with Crippen LogP contribution in [-0.2, 0) is 15.7 Å². The monoisotopic (exact) mass is 417 g/mol. The highest BCUT2D eigenvalue weighted by Crippen LogP contribution is 2.36. The molecular formula is C18H15ClF3NO5. The van der Waals surface area contributed by atoms with Gasteiger partial charge in [-0.1, -0.05) is 17.7 Å². The van der Waals surface area contributed by atoms with E-state index in [1.54, 1.807) is 6.07 Å². The molecule has 0 bridgehead atoms. The molecule has 0 spiro atoms. The second-order valence-electron chi connectivity index (χ2n) is 5.35. The Bertz CT molecular complexity index is 864. The fourth-order valence-electron chi connectivity index (χ4n) is 2.27. The third-order valence-electron chi connectivity index (χ3n) is 3.52. The normalized spacial score (nSPS) is 10.9. The van der Waals surface area contributed by atoms with Gasteiger partial charge in [0.15, 0.2) is 6.61 Å². The molecule has 0 aliphatic carbocycles. The van der Waals surface area contributed by atoms with E-state index in [0.717, 1.165) is 6.07 Å². The van der Waals surface area contributed by atoms with Gasteiger partial charge >= 0.3 is 12.1 Å². The Hall–Kier alpha value is -2.94. The van der Waals surface area contributed by atoms with E-state index in [1.165, 1.54) is 32.4 Å². The second kappa shape index (κ2) is 8.83. The summed E-state index contributed by atoms with van der Waals surface area (Å²) in [6.07, 6.45) is -4.68. The third-order valence-corrected chi connectivity index (χ3v) is 3.85. The summed E-state index contributed by atoms with van der Waals surface area (Å²) in [5.41, 5.74) is -1.26. The maximum absolute atomic E-state index is 12.9. The Morgan fingerprint density at radius 2 is 1.68 bits per heavy atom. The quantitative estimate of drug-likeness (QED) is 0.714. The molecule has 28 heavy (non-hydrogen) atoms. The Balaban J connectivity index is 2.07. The molecule has 0 saturated carbocycles. The van der Waals surface area contributed by atoms with E-state index < -0.39 is 35.2 Å². The molecule has 2 aromatic carbocycles. The van der Waals surface area contributed by atoms with Crippen molar-refractivity contribution >= 4 is 29.2 Å². The maximum atomic E-state index is 12.9. The summed E-state index contributed by atoms with van der Waals surface area (Å²) in [4.78, 5) is 24.2. The van der Waals surface area contributed by atoms with E-state index >= 15 is 0 Å². The van der Waals surface area contributed by atoms with Gasteiger partial charge in [0, 0.05) is 5.69 Å². The van der Waals surface area contributed by atoms with Crippen LogP contribution in [0.4, 0.5) is 18.9 Å². The number of carbonyl (C=O) groups excluding carboxylic acids is 2. The van der Waals surface area contributed by atoms with Crippen molar-refractivity contribution in [1.29, 1.82) is 0 Å². The van der Waals surface area contributed by atoms with E-state index in [1.807, 2.05) is 0 Å². The molecule has 6 nitrogen and oxygen atoms in total. The second-order valence-corrected chi connectivity index (χ2v) is 5.76. The lowest BCUT2D eigenvalue weighted by atomic mass is 10.2. The minimum atomic E-state index is -4.68. The molecule has 1 N–H and O–H groups in total. The molecule has 0 saturated heterocycles. The van der Waals surface area contributed by atoms with Crippen LogP contribution in [-0.4, -0.2) is 32.7 Å². The zero-order valence-electron chi connectivity index (χ0n) is 14.7. The van der Waals surface area contributed by atoms with Crippen LogP contribution in [0.2, 0.25) is 5.02 Å². The van der Waals surface area contributed by atoms with Crippen molar-refractivity contribution in [2.24, 2.45) is 0 Å². The Kier molecular flexibility index (Phi) is 6.74. The highest BCUT2D eigenvalue weighted by Gasteiger charge is 2.33. The summed E-state index contributed by atoms with van der Waals surface area (Å²) < 4.78 is 53.6. The van der Waals surface area contributed by atoms with Crippen molar-refractivity contribution in [3.63, 3.8) is 0 Å². The summed E-state index contributed by atoms with van der Waals surface area (Å²) in [5.74, 6) is -1.37. The number of nitrogens with one attached hydrogen (secondary N) is 1. The molecule has 0 unspecified atom stereocenters. The molecule has 0 atom stereocenters. The van der Waals surface area contributed by atoms with Crippen LogP contribution in [0.25, 0.3) is 0 Å². The number of halogens is 4. The van der Waals surface area contributed by atoms with Gasteiger partial charge in [0.25, 0.3) is 5.91 Å². The third kappa shape index (κ3) is 5.07. The standard InChI is InChI=1S/C18H15ClF3NO5/c1-26-13-4-3-5-14(27-2)16(13)17(25)28-9-15(24)23-10-6-7-12(19)11(8-10)18(20,21)22/h3-8H,9H2,1-2H3,(H,23,24). The van der Waals surface area contributed by atoms with Crippen molar-refractivity contribution < 1.29 is 37.0 Å². The number of benzene rings is 2. The number of carbonyl (C=O) groups is 2. The van der Waals surface area contributed by atoms with Crippen molar-refractivity contribution in [2.45, 2.75) is 6.18 Å². The van der Waals surface area contributed by atoms with Crippen molar-refractivity contribution in [3.05, 3.63) is 52.5 Å². The maximum Gasteiger partial charge on any atom is 0.417 e. The molecule has 0 aliphatic heterocycles. The number of ether oxygens (including phenoxy) is 3. The van der Waals surface area contributed by atoms with Crippen LogP contribution in [0.3, 0.4) is 0 Å². The molecule has 0 aromatic heterocycles. The lowest BCUT2D eigenvalue weighted by Crippen LogP contribution is -2.21. The number of esters is 1. The molecule has 0 aliphatic rings. The van der Waals surface area contributed by atoms with Crippen LogP contribution in [0.15, 0.2) is 36.4 Å². The fraction of sp³-hybridized carbons (Fsp3) is 0.222. The number of alkyl halides is 3. The first-order valence-electron chi connectivity index (χ1n) is 7.72. The number of hydrogen-bond acceptors (Lipinski definition) is 5. The predicted molar refractivity (Wildman–Crippen MR) is 94.9 cm³/mol. The lowest BCUT2D eigenvalue weighted by molar-refractivity contribution is -0.137. The summed E-state index contributed by atoms with van der Waals surface area (Å²) in [5, 5.41) is 1.71. The number of methoxy groups -OCH3 is 2. The topological polar surface area (TPSA) is 73.9 Å². The van der Waals surface area contributed by atoms with Gasteiger partial charge in [0.05, 0.1) is 24.8 Å². The van der Waals surface area contributed by atoms with Crippen LogP contribution in [0.1, 0.15) is 15.9 Å². The molecular weight excluding hydrogens is 403 g/mol. The van der Waals surface area contributed by atoms with Crippen LogP contribution >= 0.6 is 11.6 Å². The summed E-state index contributed by atoms with van der Waals surface area (Å²) in [7, 11) is 2.69. The summed E-state index contributed by atoms with van der Waals surface area (Å²) >= 11 is 5.52. The van der Waals surface area contributed by atoms with E-state index in [0.29, 0.717) is 6.07 Å². The number of amides is 1. The van der Waals surface area contributed by atoms with Crippen LogP contribution < -0.4 is 14.8 Å². The first kappa shape index (κ1) is 21.4. The summed E-state index contributed by atoms with van der Waals surface area (Å²) in [6, 6.07) is 7.49. The zero-order valence-corrected chi connectivity index (χ0v) is 15.5. The van der Waals surface area contributed by atoms with Gasteiger partial charge in [-0.05, 0) is 30.3 Å². The SMILES string of the molecule is COc1cccc(OC)c1C(=O)OCC(=O)Nc1ccc(Cl)c(C(F)(F)F)c1. The molecule has 0 radical (unpaired) electrons. The van der Waals surface area contributed by atoms with Gasteiger partial charge in [0.1, 0.15) is 17.1 Å².